The lowest BCUT2D eigenvalue weighted by Crippen LogP contribution is -2.19. The largest absolute Gasteiger partial charge is 0.384 e. The summed E-state index contributed by atoms with van der Waals surface area (Å²) in [5, 5.41) is 0. The number of H-pyrrole nitrogens is 1. The molecular weight excluding hydrogens is 170 g/mol. The molecule has 5 nitrogen and oxygen atoms in total. The van der Waals surface area contributed by atoms with Crippen molar-refractivity contribution in [3.8, 4) is 0 Å². The summed E-state index contributed by atoms with van der Waals surface area (Å²) in [7, 11) is 1.60. The molecule has 0 aliphatic rings. The van der Waals surface area contributed by atoms with Crippen LogP contribution in [0.1, 0.15) is 11.4 Å². The second kappa shape index (κ2) is 4.74. The Morgan fingerprint density at radius 1 is 1.69 bits per heavy atom. The lowest BCUT2D eigenvalue weighted by atomic mass is 10.3. The molecule has 0 spiro atoms. The van der Waals surface area contributed by atoms with Crippen LogP contribution in [-0.2, 0) is 17.7 Å². The molecule has 0 saturated heterocycles. The van der Waals surface area contributed by atoms with E-state index in [1.54, 1.807) is 7.11 Å². The van der Waals surface area contributed by atoms with Crippen LogP contribution < -0.4 is 11.3 Å². The van der Waals surface area contributed by atoms with Crippen LogP contribution in [-0.4, -0.2) is 23.7 Å². The van der Waals surface area contributed by atoms with E-state index in [4.69, 9.17) is 10.5 Å². The van der Waals surface area contributed by atoms with E-state index in [0.717, 1.165) is 0 Å². The summed E-state index contributed by atoms with van der Waals surface area (Å²) in [5.41, 5.74) is 5.65. The summed E-state index contributed by atoms with van der Waals surface area (Å²) in [4.78, 5) is 17.9. The van der Waals surface area contributed by atoms with Crippen LogP contribution in [0.5, 0.6) is 0 Å². The zero-order valence-corrected chi connectivity index (χ0v) is 7.54. The zero-order valence-electron chi connectivity index (χ0n) is 7.54. The Hall–Kier alpha value is -1.20. The van der Waals surface area contributed by atoms with Gasteiger partial charge in [0.25, 0.3) is 5.56 Å². The molecule has 0 unspecified atom stereocenters. The van der Waals surface area contributed by atoms with Crippen LogP contribution in [0, 0.1) is 0 Å². The fraction of sp³-hybridized carbons (Fsp3) is 0.500. The summed E-state index contributed by atoms with van der Waals surface area (Å²) in [6.07, 6.45) is 2.11. The Morgan fingerprint density at radius 2 is 2.46 bits per heavy atom. The predicted octanol–water partition coefficient (Wildman–Crippen LogP) is -0.582. The molecule has 0 radical (unpaired) electrons. The van der Waals surface area contributed by atoms with E-state index < -0.39 is 0 Å². The number of nitrogens with zero attached hydrogens (tertiary/aromatic N) is 1. The second-order valence-corrected chi connectivity index (χ2v) is 2.63. The van der Waals surface area contributed by atoms with Gasteiger partial charge in [-0.3, -0.25) is 4.79 Å². The van der Waals surface area contributed by atoms with Crippen molar-refractivity contribution in [2.24, 2.45) is 5.73 Å². The van der Waals surface area contributed by atoms with Crippen molar-refractivity contribution in [1.82, 2.24) is 9.97 Å². The number of hydrogen-bond acceptors (Lipinski definition) is 4. The second-order valence-electron chi connectivity index (χ2n) is 2.63. The molecule has 0 aromatic carbocycles. The topological polar surface area (TPSA) is 81.0 Å². The number of aromatic nitrogens is 2. The molecule has 0 amide bonds. The first-order valence-corrected chi connectivity index (χ1v) is 4.04. The third-order valence-corrected chi connectivity index (χ3v) is 1.69. The van der Waals surface area contributed by atoms with E-state index in [-0.39, 0.29) is 12.1 Å². The van der Waals surface area contributed by atoms with E-state index in [9.17, 15) is 4.79 Å². The molecule has 0 saturated carbocycles. The minimum Gasteiger partial charge on any atom is -0.384 e. The number of nitrogens with two attached hydrogens (primary N) is 1. The van der Waals surface area contributed by atoms with Crippen molar-refractivity contribution >= 4 is 0 Å². The maximum Gasteiger partial charge on any atom is 0.255 e. The summed E-state index contributed by atoms with van der Waals surface area (Å²) < 4.78 is 4.86. The van der Waals surface area contributed by atoms with Crippen LogP contribution in [0.4, 0.5) is 0 Å². The third-order valence-electron chi connectivity index (χ3n) is 1.69. The van der Waals surface area contributed by atoms with Gasteiger partial charge in [-0.2, -0.15) is 0 Å². The van der Waals surface area contributed by atoms with Crippen molar-refractivity contribution in [3.05, 3.63) is 27.9 Å². The van der Waals surface area contributed by atoms with Gasteiger partial charge in [0.05, 0.1) is 6.61 Å². The van der Waals surface area contributed by atoms with E-state index in [1.165, 1.54) is 6.20 Å². The average Bonchev–Trinajstić information content (AvgIpc) is 2.15. The summed E-state index contributed by atoms with van der Waals surface area (Å²) >= 11 is 0. The van der Waals surface area contributed by atoms with Crippen molar-refractivity contribution < 1.29 is 4.74 Å². The summed E-state index contributed by atoms with van der Waals surface area (Å²) in [5.74, 6) is 0.629. The third kappa shape index (κ3) is 2.64. The van der Waals surface area contributed by atoms with Crippen molar-refractivity contribution in [3.63, 3.8) is 0 Å². The van der Waals surface area contributed by atoms with Gasteiger partial charge in [0, 0.05) is 31.8 Å². The molecule has 0 bridgehead atoms. The van der Waals surface area contributed by atoms with Crippen LogP contribution in [0.15, 0.2) is 11.0 Å². The first-order valence-electron chi connectivity index (χ1n) is 4.04. The molecule has 1 rings (SSSR count). The average molecular weight is 183 g/mol. The molecule has 5 heteroatoms. The molecule has 0 atom stereocenters. The number of hydrogen-bond donors (Lipinski definition) is 2. The number of ether oxygens (including phenoxy) is 1. The van der Waals surface area contributed by atoms with E-state index in [0.29, 0.717) is 24.4 Å². The first kappa shape index (κ1) is 9.88. The molecule has 0 aliphatic heterocycles. The molecule has 0 fully saturated rings. The van der Waals surface area contributed by atoms with Gasteiger partial charge in [0.15, 0.2) is 0 Å². The monoisotopic (exact) mass is 183 g/mol. The van der Waals surface area contributed by atoms with E-state index in [1.807, 2.05) is 0 Å². The highest BCUT2D eigenvalue weighted by Gasteiger charge is 1.99. The Labute approximate surface area is 75.9 Å². The van der Waals surface area contributed by atoms with E-state index >= 15 is 0 Å². The van der Waals surface area contributed by atoms with Gasteiger partial charge in [-0.15, -0.1) is 0 Å². The van der Waals surface area contributed by atoms with Crippen LogP contribution in [0.2, 0.25) is 0 Å². The molecule has 1 aromatic rings. The summed E-state index contributed by atoms with van der Waals surface area (Å²) in [6.45, 7) is 0.762. The van der Waals surface area contributed by atoms with E-state index in [2.05, 4.69) is 9.97 Å². The minimum absolute atomic E-state index is 0.163. The zero-order chi connectivity index (χ0) is 9.68. The summed E-state index contributed by atoms with van der Waals surface area (Å²) in [6, 6.07) is 0. The molecule has 1 aromatic heterocycles. The number of rotatable bonds is 4. The normalized spacial score (nSPS) is 10.3. The molecule has 13 heavy (non-hydrogen) atoms. The number of aromatic amines is 1. The van der Waals surface area contributed by atoms with Gasteiger partial charge in [-0.25, -0.2) is 4.98 Å². The van der Waals surface area contributed by atoms with Gasteiger partial charge in [-0.1, -0.05) is 0 Å². The number of methoxy groups -OCH3 is 1. The predicted molar refractivity (Wildman–Crippen MR) is 48.3 cm³/mol. The van der Waals surface area contributed by atoms with Crippen LogP contribution >= 0.6 is 0 Å². The van der Waals surface area contributed by atoms with Gasteiger partial charge < -0.3 is 15.5 Å². The quantitative estimate of drug-likeness (QED) is 0.654. The van der Waals surface area contributed by atoms with Gasteiger partial charge in [0.1, 0.15) is 5.82 Å². The van der Waals surface area contributed by atoms with Gasteiger partial charge in [0.2, 0.25) is 0 Å². The highest BCUT2D eigenvalue weighted by atomic mass is 16.5. The maximum atomic E-state index is 11.2. The number of nitrogens with one attached hydrogen (secondary N) is 1. The lowest BCUT2D eigenvalue weighted by Gasteiger charge is -2.00. The highest BCUT2D eigenvalue weighted by molar-refractivity contribution is 5.05. The molecule has 3 N–H and O–H groups in total. The standard InChI is InChI=1S/C8H13N3O2/c1-13-3-2-7-10-5-6(4-9)8(12)11-7/h5H,2-4,9H2,1H3,(H,10,11,12). The van der Waals surface area contributed by atoms with Crippen molar-refractivity contribution in [2.45, 2.75) is 13.0 Å². The Morgan fingerprint density at radius 3 is 3.00 bits per heavy atom. The van der Waals surface area contributed by atoms with Crippen LogP contribution in [0.3, 0.4) is 0 Å². The molecule has 1 heterocycles. The minimum atomic E-state index is -0.163. The van der Waals surface area contributed by atoms with Crippen molar-refractivity contribution in [2.75, 3.05) is 13.7 Å². The van der Waals surface area contributed by atoms with Gasteiger partial charge in [-0.05, 0) is 0 Å². The maximum absolute atomic E-state index is 11.2. The fourth-order valence-corrected chi connectivity index (χ4v) is 0.929. The van der Waals surface area contributed by atoms with Crippen LogP contribution in [0.25, 0.3) is 0 Å². The SMILES string of the molecule is COCCc1ncc(CN)c(=O)[nH]1. The highest BCUT2D eigenvalue weighted by Crippen LogP contribution is 1.90. The first-order chi connectivity index (χ1) is 6.27. The van der Waals surface area contributed by atoms with Gasteiger partial charge >= 0.3 is 0 Å². The molecular formula is C8H13N3O2. The Balaban J connectivity index is 2.77. The Bertz CT molecular complexity index is 321. The fourth-order valence-electron chi connectivity index (χ4n) is 0.929. The molecule has 0 aliphatic carbocycles. The Kier molecular flexibility index (Phi) is 3.60. The molecule has 72 valence electrons. The lowest BCUT2D eigenvalue weighted by molar-refractivity contribution is 0.200. The smallest absolute Gasteiger partial charge is 0.255 e. The van der Waals surface area contributed by atoms with Crippen molar-refractivity contribution in [1.29, 1.82) is 0 Å².